The Balaban J connectivity index is 2.30. The molecule has 3 N–H and O–H groups in total. The van der Waals surface area contributed by atoms with E-state index in [1.54, 1.807) is 12.1 Å². The largest absolute Gasteiger partial charge is 0.320 e. The lowest BCUT2D eigenvalue weighted by molar-refractivity contribution is 0.102. The van der Waals surface area contributed by atoms with E-state index in [9.17, 15) is 9.18 Å². The van der Waals surface area contributed by atoms with Crippen molar-refractivity contribution in [2.75, 3.05) is 11.9 Å². The molecule has 0 bridgehead atoms. The van der Waals surface area contributed by atoms with Crippen LogP contribution in [-0.4, -0.2) is 22.6 Å². The summed E-state index contributed by atoms with van der Waals surface area (Å²) in [6.45, 7) is 0.127. The number of carbonyl (C=O) groups is 1. The maximum absolute atomic E-state index is 13.2. The molecule has 0 fully saturated rings. The second-order valence-electron chi connectivity index (χ2n) is 3.76. The van der Waals surface area contributed by atoms with Crippen LogP contribution in [0, 0.1) is 17.7 Å². The van der Waals surface area contributed by atoms with Crippen molar-refractivity contribution in [2.24, 2.45) is 5.73 Å². The average molecular weight is 270 g/mol. The van der Waals surface area contributed by atoms with Crippen LogP contribution in [0.1, 0.15) is 15.9 Å². The lowest BCUT2D eigenvalue weighted by Crippen LogP contribution is -2.15. The van der Waals surface area contributed by atoms with Crippen LogP contribution in [0.15, 0.2) is 36.5 Å². The summed E-state index contributed by atoms with van der Waals surface area (Å²) < 4.78 is 13.2. The van der Waals surface area contributed by atoms with E-state index in [0.29, 0.717) is 5.82 Å². The fraction of sp³-hybridized carbons (Fsp3) is 0.0714. The van der Waals surface area contributed by atoms with E-state index in [4.69, 9.17) is 5.73 Å². The Labute approximate surface area is 115 Å². The first-order chi connectivity index (χ1) is 9.70. The van der Waals surface area contributed by atoms with Gasteiger partial charge in [0.15, 0.2) is 5.82 Å². The van der Waals surface area contributed by atoms with Crippen molar-refractivity contribution in [3.05, 3.63) is 53.5 Å². The number of halogens is 1. The van der Waals surface area contributed by atoms with Crippen molar-refractivity contribution >= 4 is 11.7 Å². The Morgan fingerprint density at radius 2 is 2.25 bits per heavy atom. The second kappa shape index (κ2) is 6.41. The standard InChI is InChI=1S/C14H11FN4O/c15-11-5-6-12(10(9-11)3-1-7-16)14(20)18-13-4-2-8-17-19-13/h2,4-6,8-9H,7,16H2,(H,18,19,20). The van der Waals surface area contributed by atoms with Gasteiger partial charge in [0.2, 0.25) is 0 Å². The van der Waals surface area contributed by atoms with E-state index in [2.05, 4.69) is 27.4 Å². The molecule has 1 aromatic heterocycles. The summed E-state index contributed by atoms with van der Waals surface area (Å²) >= 11 is 0. The van der Waals surface area contributed by atoms with Gasteiger partial charge in [-0.2, -0.15) is 5.10 Å². The summed E-state index contributed by atoms with van der Waals surface area (Å²) in [5.41, 5.74) is 5.80. The zero-order valence-corrected chi connectivity index (χ0v) is 10.4. The predicted molar refractivity (Wildman–Crippen MR) is 72.3 cm³/mol. The number of nitrogens with one attached hydrogen (secondary N) is 1. The first kappa shape index (κ1) is 13.6. The first-order valence-corrected chi connectivity index (χ1v) is 5.78. The third-order valence-electron chi connectivity index (χ3n) is 2.37. The monoisotopic (exact) mass is 270 g/mol. The van der Waals surface area contributed by atoms with Gasteiger partial charge in [0.25, 0.3) is 5.91 Å². The molecule has 1 amide bonds. The molecule has 1 aromatic carbocycles. The number of rotatable bonds is 2. The van der Waals surface area contributed by atoms with Gasteiger partial charge in [0.05, 0.1) is 12.1 Å². The molecule has 2 rings (SSSR count). The number of nitrogens with two attached hydrogens (primary N) is 1. The van der Waals surface area contributed by atoms with E-state index < -0.39 is 11.7 Å². The fourth-order valence-corrected chi connectivity index (χ4v) is 1.52. The molecular weight excluding hydrogens is 259 g/mol. The first-order valence-electron chi connectivity index (χ1n) is 5.78. The van der Waals surface area contributed by atoms with Crippen LogP contribution in [-0.2, 0) is 0 Å². The molecule has 20 heavy (non-hydrogen) atoms. The SMILES string of the molecule is NCC#Cc1cc(F)ccc1C(=O)Nc1cccnn1. The van der Waals surface area contributed by atoms with Gasteiger partial charge in [-0.1, -0.05) is 11.8 Å². The van der Waals surface area contributed by atoms with Crippen molar-refractivity contribution < 1.29 is 9.18 Å². The normalized spacial score (nSPS) is 9.50. The van der Waals surface area contributed by atoms with Gasteiger partial charge in [-0.25, -0.2) is 4.39 Å². The Kier molecular flexibility index (Phi) is 4.37. The van der Waals surface area contributed by atoms with E-state index in [1.165, 1.54) is 24.4 Å². The van der Waals surface area contributed by atoms with Crippen LogP contribution >= 0.6 is 0 Å². The van der Waals surface area contributed by atoms with E-state index in [0.717, 1.165) is 0 Å². The highest BCUT2D eigenvalue weighted by atomic mass is 19.1. The minimum atomic E-state index is -0.470. The number of carbonyl (C=O) groups excluding carboxylic acids is 1. The third-order valence-corrected chi connectivity index (χ3v) is 2.37. The molecule has 0 spiro atoms. The highest BCUT2D eigenvalue weighted by molar-refractivity contribution is 6.05. The molecule has 0 saturated heterocycles. The molecule has 0 unspecified atom stereocenters. The van der Waals surface area contributed by atoms with E-state index >= 15 is 0 Å². The Hall–Kier alpha value is -2.78. The number of nitrogens with zero attached hydrogens (tertiary/aromatic N) is 2. The summed E-state index contributed by atoms with van der Waals surface area (Å²) in [5, 5.41) is 9.95. The fourth-order valence-electron chi connectivity index (χ4n) is 1.52. The Morgan fingerprint density at radius 1 is 1.40 bits per heavy atom. The van der Waals surface area contributed by atoms with Gasteiger partial charge < -0.3 is 11.1 Å². The maximum atomic E-state index is 13.2. The number of aromatic nitrogens is 2. The third kappa shape index (κ3) is 3.37. The van der Waals surface area contributed by atoms with Crippen LogP contribution in [0.5, 0.6) is 0 Å². The predicted octanol–water partition coefficient (Wildman–Crippen LogP) is 1.18. The molecule has 0 aliphatic heterocycles. The summed E-state index contributed by atoms with van der Waals surface area (Å²) in [7, 11) is 0. The molecule has 2 aromatic rings. The smallest absolute Gasteiger partial charge is 0.258 e. The van der Waals surface area contributed by atoms with E-state index in [1.807, 2.05) is 0 Å². The van der Waals surface area contributed by atoms with Gasteiger partial charge in [0.1, 0.15) is 5.82 Å². The Bertz CT molecular complexity index is 677. The molecule has 0 atom stereocenters. The van der Waals surface area contributed by atoms with Crippen molar-refractivity contribution in [1.82, 2.24) is 10.2 Å². The summed E-state index contributed by atoms with van der Waals surface area (Å²) in [5.74, 6) is 4.66. The molecule has 0 aliphatic carbocycles. The van der Waals surface area contributed by atoms with Crippen molar-refractivity contribution in [3.63, 3.8) is 0 Å². The van der Waals surface area contributed by atoms with Gasteiger partial charge in [0, 0.05) is 11.8 Å². The van der Waals surface area contributed by atoms with Gasteiger partial charge in [-0.15, -0.1) is 5.10 Å². The number of hydrogen-bond acceptors (Lipinski definition) is 4. The highest BCUT2D eigenvalue weighted by Crippen LogP contribution is 2.12. The summed E-state index contributed by atoms with van der Waals surface area (Å²) in [6.07, 6.45) is 1.49. The number of hydrogen-bond donors (Lipinski definition) is 2. The molecule has 0 radical (unpaired) electrons. The molecule has 0 saturated carbocycles. The number of anilines is 1. The number of benzene rings is 1. The van der Waals surface area contributed by atoms with Crippen LogP contribution in [0.2, 0.25) is 0 Å². The maximum Gasteiger partial charge on any atom is 0.258 e. The molecule has 5 nitrogen and oxygen atoms in total. The second-order valence-corrected chi connectivity index (χ2v) is 3.76. The van der Waals surface area contributed by atoms with Crippen molar-refractivity contribution in [2.45, 2.75) is 0 Å². The highest BCUT2D eigenvalue weighted by Gasteiger charge is 2.12. The molecule has 0 aliphatic rings. The quantitative estimate of drug-likeness (QED) is 0.803. The number of amides is 1. The lowest BCUT2D eigenvalue weighted by atomic mass is 10.1. The van der Waals surface area contributed by atoms with E-state index in [-0.39, 0.29) is 17.7 Å². The van der Waals surface area contributed by atoms with Crippen molar-refractivity contribution in [3.8, 4) is 11.8 Å². The zero-order valence-electron chi connectivity index (χ0n) is 10.4. The molecule has 100 valence electrons. The van der Waals surface area contributed by atoms with Crippen molar-refractivity contribution in [1.29, 1.82) is 0 Å². The van der Waals surface area contributed by atoms with Crippen LogP contribution in [0.3, 0.4) is 0 Å². The van der Waals surface area contributed by atoms with Crippen LogP contribution in [0.25, 0.3) is 0 Å². The lowest BCUT2D eigenvalue weighted by Gasteiger charge is -2.05. The van der Waals surface area contributed by atoms with Gasteiger partial charge in [-0.3, -0.25) is 4.79 Å². The topological polar surface area (TPSA) is 80.9 Å². The molecular formula is C14H11FN4O. The summed E-state index contributed by atoms with van der Waals surface area (Å²) in [4.78, 5) is 12.1. The molecule has 6 heteroatoms. The Morgan fingerprint density at radius 3 is 2.95 bits per heavy atom. The van der Waals surface area contributed by atoms with Crippen LogP contribution < -0.4 is 11.1 Å². The van der Waals surface area contributed by atoms with Gasteiger partial charge >= 0.3 is 0 Å². The average Bonchev–Trinajstić information content (AvgIpc) is 2.46. The van der Waals surface area contributed by atoms with Gasteiger partial charge in [-0.05, 0) is 30.3 Å². The minimum Gasteiger partial charge on any atom is -0.320 e. The zero-order chi connectivity index (χ0) is 14.4. The minimum absolute atomic E-state index is 0.127. The molecule has 1 heterocycles. The summed E-state index contributed by atoms with van der Waals surface area (Å²) in [6, 6.07) is 6.98. The van der Waals surface area contributed by atoms with Crippen LogP contribution in [0.4, 0.5) is 10.2 Å².